The molecule has 2 heterocycles. The highest BCUT2D eigenvalue weighted by molar-refractivity contribution is 6.34. The molecule has 1 atom stereocenters. The summed E-state index contributed by atoms with van der Waals surface area (Å²) >= 11 is 6.03. The third-order valence-corrected chi connectivity index (χ3v) is 4.19. The van der Waals surface area contributed by atoms with Crippen LogP contribution < -0.4 is 4.90 Å². The van der Waals surface area contributed by atoms with Crippen molar-refractivity contribution >= 4 is 29.1 Å². The van der Waals surface area contributed by atoms with Gasteiger partial charge in [0.15, 0.2) is 0 Å². The van der Waals surface area contributed by atoms with Gasteiger partial charge in [-0.15, -0.1) is 0 Å². The molecular formula is C14H14ClFN2O2. The minimum atomic E-state index is -0.537. The summed E-state index contributed by atoms with van der Waals surface area (Å²) in [6.45, 7) is 0.777. The van der Waals surface area contributed by atoms with E-state index in [2.05, 4.69) is 0 Å². The zero-order valence-electron chi connectivity index (χ0n) is 10.8. The highest BCUT2D eigenvalue weighted by Crippen LogP contribution is 2.33. The maximum absolute atomic E-state index is 14.0. The maximum Gasteiger partial charge on any atom is 0.249 e. The summed E-state index contributed by atoms with van der Waals surface area (Å²) in [6, 6.07) is 3.84. The Hall–Kier alpha value is -1.62. The standard InChI is InChI=1S/C14H14ClFN2O2/c15-9-3-1-4-10(16)13(9)18-8-6-12(19)17-7-2-5-11(17)14(18)20/h1,3-4,11H,2,5-8H2. The van der Waals surface area contributed by atoms with Crippen molar-refractivity contribution in [2.45, 2.75) is 25.3 Å². The van der Waals surface area contributed by atoms with Crippen LogP contribution in [0, 0.1) is 5.82 Å². The second-order valence-electron chi connectivity index (χ2n) is 5.06. The van der Waals surface area contributed by atoms with Gasteiger partial charge in [-0.2, -0.15) is 0 Å². The number of fused-ring (bicyclic) bond motifs is 1. The highest BCUT2D eigenvalue weighted by Gasteiger charge is 2.40. The molecule has 2 saturated heterocycles. The van der Waals surface area contributed by atoms with Gasteiger partial charge < -0.3 is 9.80 Å². The van der Waals surface area contributed by atoms with E-state index in [4.69, 9.17) is 11.6 Å². The lowest BCUT2D eigenvalue weighted by atomic mass is 10.1. The van der Waals surface area contributed by atoms with Crippen molar-refractivity contribution in [3.05, 3.63) is 29.0 Å². The molecule has 6 heteroatoms. The maximum atomic E-state index is 14.0. The number of hydrogen-bond donors (Lipinski definition) is 0. The number of amides is 2. The molecule has 0 bridgehead atoms. The van der Waals surface area contributed by atoms with Gasteiger partial charge in [0.25, 0.3) is 0 Å². The molecule has 0 aromatic heterocycles. The Morgan fingerprint density at radius 2 is 2.05 bits per heavy atom. The van der Waals surface area contributed by atoms with Crippen LogP contribution in [-0.2, 0) is 9.59 Å². The van der Waals surface area contributed by atoms with Crippen LogP contribution in [-0.4, -0.2) is 35.8 Å². The first-order chi connectivity index (χ1) is 9.59. The van der Waals surface area contributed by atoms with Gasteiger partial charge >= 0.3 is 0 Å². The Morgan fingerprint density at radius 3 is 2.80 bits per heavy atom. The number of anilines is 1. The first kappa shape index (κ1) is 13.4. The molecule has 0 radical (unpaired) electrons. The van der Waals surface area contributed by atoms with Crippen LogP contribution in [0.3, 0.4) is 0 Å². The SMILES string of the molecule is O=C1C2CCCN2C(=O)CCN1c1c(F)cccc1Cl. The van der Waals surface area contributed by atoms with Gasteiger partial charge in [-0.1, -0.05) is 17.7 Å². The Morgan fingerprint density at radius 1 is 1.25 bits per heavy atom. The van der Waals surface area contributed by atoms with Crippen LogP contribution in [0.1, 0.15) is 19.3 Å². The lowest BCUT2D eigenvalue weighted by molar-refractivity contribution is -0.135. The summed E-state index contributed by atoms with van der Waals surface area (Å²) in [5.74, 6) is -0.819. The molecular weight excluding hydrogens is 283 g/mol. The smallest absolute Gasteiger partial charge is 0.249 e. The van der Waals surface area contributed by atoms with E-state index in [9.17, 15) is 14.0 Å². The Balaban J connectivity index is 2.01. The number of carbonyl (C=O) groups excluding carboxylic acids is 2. The molecule has 2 aliphatic rings. The third kappa shape index (κ3) is 2.06. The highest BCUT2D eigenvalue weighted by atomic mass is 35.5. The predicted molar refractivity (Wildman–Crippen MR) is 73.1 cm³/mol. The van der Waals surface area contributed by atoms with Gasteiger partial charge in [-0.25, -0.2) is 4.39 Å². The number of benzene rings is 1. The van der Waals surface area contributed by atoms with E-state index in [1.165, 1.54) is 17.0 Å². The summed E-state index contributed by atoms with van der Waals surface area (Å²) in [5.41, 5.74) is 0.0840. The summed E-state index contributed by atoms with van der Waals surface area (Å²) in [4.78, 5) is 27.5. The van der Waals surface area contributed by atoms with Crippen LogP contribution >= 0.6 is 11.6 Å². The van der Waals surface area contributed by atoms with E-state index >= 15 is 0 Å². The topological polar surface area (TPSA) is 40.6 Å². The molecule has 0 aliphatic carbocycles. The van der Waals surface area contributed by atoms with E-state index in [1.807, 2.05) is 0 Å². The predicted octanol–water partition coefficient (Wildman–Crippen LogP) is 2.21. The van der Waals surface area contributed by atoms with Gasteiger partial charge in [0, 0.05) is 19.5 Å². The molecule has 20 heavy (non-hydrogen) atoms. The van der Waals surface area contributed by atoms with Gasteiger partial charge in [0.2, 0.25) is 11.8 Å². The zero-order valence-corrected chi connectivity index (χ0v) is 11.6. The quantitative estimate of drug-likeness (QED) is 0.797. The van der Waals surface area contributed by atoms with Crippen LogP contribution in [0.25, 0.3) is 0 Å². The fraction of sp³-hybridized carbons (Fsp3) is 0.429. The summed E-state index contributed by atoms with van der Waals surface area (Å²) in [5, 5.41) is 0.192. The molecule has 4 nitrogen and oxygen atoms in total. The number of para-hydroxylation sites is 1. The van der Waals surface area contributed by atoms with E-state index < -0.39 is 11.9 Å². The zero-order chi connectivity index (χ0) is 14.3. The van der Waals surface area contributed by atoms with Crippen molar-refractivity contribution in [3.8, 4) is 0 Å². The monoisotopic (exact) mass is 296 g/mol. The van der Waals surface area contributed by atoms with E-state index in [-0.39, 0.29) is 35.5 Å². The molecule has 0 saturated carbocycles. The van der Waals surface area contributed by atoms with Crippen molar-refractivity contribution in [2.24, 2.45) is 0 Å². The minimum absolute atomic E-state index is 0.0455. The average Bonchev–Trinajstić information content (AvgIpc) is 2.86. The van der Waals surface area contributed by atoms with Gasteiger partial charge in [0.1, 0.15) is 11.9 Å². The fourth-order valence-electron chi connectivity index (χ4n) is 2.93. The Bertz CT molecular complexity index is 558. The van der Waals surface area contributed by atoms with Crippen LogP contribution in [0.4, 0.5) is 10.1 Å². The molecule has 1 aromatic carbocycles. The Labute approximate surface area is 121 Å². The average molecular weight is 297 g/mol. The molecule has 0 spiro atoms. The number of rotatable bonds is 1. The van der Waals surface area contributed by atoms with Crippen molar-refractivity contribution in [1.82, 2.24) is 4.90 Å². The number of halogens is 2. The summed E-state index contributed by atoms with van der Waals surface area (Å²) in [6.07, 6.45) is 1.64. The first-order valence-electron chi connectivity index (χ1n) is 6.64. The molecule has 106 valence electrons. The van der Waals surface area contributed by atoms with E-state index in [0.29, 0.717) is 13.0 Å². The minimum Gasteiger partial charge on any atom is -0.331 e. The molecule has 2 fully saturated rings. The number of hydrogen-bond acceptors (Lipinski definition) is 2. The third-order valence-electron chi connectivity index (χ3n) is 3.88. The molecule has 3 rings (SSSR count). The fourth-order valence-corrected chi connectivity index (χ4v) is 3.20. The van der Waals surface area contributed by atoms with Gasteiger partial charge in [0.05, 0.1) is 10.7 Å². The lowest BCUT2D eigenvalue weighted by Gasteiger charge is -2.26. The van der Waals surface area contributed by atoms with Crippen LogP contribution in [0.5, 0.6) is 0 Å². The van der Waals surface area contributed by atoms with Crippen molar-refractivity contribution in [1.29, 1.82) is 0 Å². The van der Waals surface area contributed by atoms with Crippen molar-refractivity contribution in [2.75, 3.05) is 18.0 Å². The largest absolute Gasteiger partial charge is 0.331 e. The lowest BCUT2D eigenvalue weighted by Crippen LogP contribution is -2.44. The van der Waals surface area contributed by atoms with Gasteiger partial charge in [-0.05, 0) is 25.0 Å². The van der Waals surface area contributed by atoms with Crippen LogP contribution in [0.15, 0.2) is 18.2 Å². The van der Waals surface area contributed by atoms with E-state index in [1.54, 1.807) is 11.0 Å². The first-order valence-corrected chi connectivity index (χ1v) is 7.02. The van der Waals surface area contributed by atoms with Crippen LogP contribution in [0.2, 0.25) is 5.02 Å². The summed E-state index contributed by atoms with van der Waals surface area (Å²) < 4.78 is 14.0. The van der Waals surface area contributed by atoms with Crippen molar-refractivity contribution < 1.29 is 14.0 Å². The molecule has 1 aromatic rings. The molecule has 1 unspecified atom stereocenters. The molecule has 2 amide bonds. The summed E-state index contributed by atoms with van der Waals surface area (Å²) in [7, 11) is 0. The van der Waals surface area contributed by atoms with E-state index in [0.717, 1.165) is 6.42 Å². The second-order valence-corrected chi connectivity index (χ2v) is 5.46. The number of carbonyl (C=O) groups is 2. The number of nitrogens with zero attached hydrogens (tertiary/aromatic N) is 2. The second kappa shape index (κ2) is 5.05. The van der Waals surface area contributed by atoms with Crippen molar-refractivity contribution in [3.63, 3.8) is 0 Å². The van der Waals surface area contributed by atoms with Gasteiger partial charge in [-0.3, -0.25) is 9.59 Å². The molecule has 2 aliphatic heterocycles. The molecule has 0 N–H and O–H groups in total. The normalized spacial score (nSPS) is 23.0. The Kier molecular flexibility index (Phi) is 3.38.